The summed E-state index contributed by atoms with van der Waals surface area (Å²) in [6, 6.07) is 9.19. The van der Waals surface area contributed by atoms with Gasteiger partial charge in [0, 0.05) is 10.7 Å². The first-order chi connectivity index (χ1) is 9.63. The Morgan fingerprint density at radius 2 is 2.20 bits per heavy atom. The molecule has 0 spiro atoms. The number of ether oxygens (including phenoxy) is 1. The molecule has 3 rings (SSSR count). The fraction of sp³-hybridized carbons (Fsp3) is 0.143. The van der Waals surface area contributed by atoms with Crippen LogP contribution in [-0.2, 0) is 11.3 Å². The van der Waals surface area contributed by atoms with Gasteiger partial charge in [-0.05, 0) is 35.9 Å². The van der Waals surface area contributed by atoms with Crippen molar-refractivity contribution < 1.29 is 9.53 Å². The van der Waals surface area contributed by atoms with Crippen LogP contribution in [0.1, 0.15) is 5.56 Å². The van der Waals surface area contributed by atoms with Crippen LogP contribution in [-0.4, -0.2) is 17.5 Å². The summed E-state index contributed by atoms with van der Waals surface area (Å²) < 4.78 is 6.33. The van der Waals surface area contributed by atoms with Crippen molar-refractivity contribution in [1.29, 1.82) is 0 Å². The van der Waals surface area contributed by atoms with E-state index in [9.17, 15) is 4.79 Å². The number of amides is 1. The maximum atomic E-state index is 12.1. The van der Waals surface area contributed by atoms with Crippen LogP contribution < -0.4 is 9.64 Å². The molecular weight excluding hydrogens is 344 g/mol. The average molecular weight is 354 g/mol. The van der Waals surface area contributed by atoms with Crippen LogP contribution in [0.15, 0.2) is 41.0 Å². The molecule has 6 heteroatoms. The number of nitrogens with zero attached hydrogens (tertiary/aromatic N) is 2. The van der Waals surface area contributed by atoms with Crippen molar-refractivity contribution in [3.05, 3.63) is 51.7 Å². The van der Waals surface area contributed by atoms with Crippen LogP contribution in [0.3, 0.4) is 0 Å². The molecule has 1 amide bonds. The van der Waals surface area contributed by atoms with Crippen molar-refractivity contribution in [2.75, 3.05) is 11.5 Å². The van der Waals surface area contributed by atoms with Crippen LogP contribution in [0.2, 0.25) is 5.15 Å². The van der Waals surface area contributed by atoms with Gasteiger partial charge in [0.05, 0.1) is 12.2 Å². The Kier molecular flexibility index (Phi) is 3.63. The number of benzene rings is 1. The Hall–Kier alpha value is -1.59. The van der Waals surface area contributed by atoms with E-state index in [2.05, 4.69) is 20.9 Å². The quantitative estimate of drug-likeness (QED) is 0.777. The summed E-state index contributed by atoms with van der Waals surface area (Å²) in [4.78, 5) is 17.7. The largest absolute Gasteiger partial charge is 0.482 e. The summed E-state index contributed by atoms with van der Waals surface area (Å²) in [5.74, 6) is 0.622. The van der Waals surface area contributed by atoms with E-state index < -0.39 is 0 Å². The van der Waals surface area contributed by atoms with Gasteiger partial charge < -0.3 is 9.64 Å². The molecule has 1 aromatic carbocycles. The van der Waals surface area contributed by atoms with Crippen LogP contribution in [0.5, 0.6) is 5.75 Å². The fourth-order valence-electron chi connectivity index (χ4n) is 2.07. The van der Waals surface area contributed by atoms with E-state index in [1.165, 1.54) is 0 Å². The molecule has 1 aliphatic heterocycles. The van der Waals surface area contributed by atoms with E-state index >= 15 is 0 Å². The van der Waals surface area contributed by atoms with Crippen molar-refractivity contribution in [1.82, 2.24) is 4.98 Å². The Balaban J connectivity index is 1.97. The Morgan fingerprint density at radius 3 is 3.00 bits per heavy atom. The van der Waals surface area contributed by atoms with Gasteiger partial charge in [0.1, 0.15) is 10.9 Å². The number of anilines is 1. The number of aromatic nitrogens is 1. The molecule has 0 fully saturated rings. The zero-order chi connectivity index (χ0) is 14.1. The zero-order valence-electron chi connectivity index (χ0n) is 10.3. The lowest BCUT2D eigenvalue weighted by molar-refractivity contribution is -0.121. The van der Waals surface area contributed by atoms with E-state index in [1.807, 2.05) is 24.3 Å². The zero-order valence-corrected chi connectivity index (χ0v) is 12.7. The molecule has 0 aliphatic carbocycles. The summed E-state index contributed by atoms with van der Waals surface area (Å²) in [6.45, 7) is 0.487. The van der Waals surface area contributed by atoms with Gasteiger partial charge in [-0.3, -0.25) is 4.79 Å². The van der Waals surface area contributed by atoms with Crippen molar-refractivity contribution in [2.45, 2.75) is 6.54 Å². The lowest BCUT2D eigenvalue weighted by atomic mass is 10.2. The van der Waals surface area contributed by atoms with Crippen molar-refractivity contribution in [2.24, 2.45) is 0 Å². The van der Waals surface area contributed by atoms with Gasteiger partial charge >= 0.3 is 0 Å². The molecule has 0 unspecified atom stereocenters. The minimum Gasteiger partial charge on any atom is -0.482 e. The number of hydrogen-bond acceptors (Lipinski definition) is 3. The van der Waals surface area contributed by atoms with Crippen LogP contribution >= 0.6 is 27.5 Å². The number of hydrogen-bond donors (Lipinski definition) is 0. The van der Waals surface area contributed by atoms with E-state index in [-0.39, 0.29) is 12.5 Å². The minimum atomic E-state index is -0.0801. The fourth-order valence-corrected chi connectivity index (χ4v) is 2.62. The molecule has 1 aromatic heterocycles. The maximum absolute atomic E-state index is 12.1. The monoisotopic (exact) mass is 352 g/mol. The van der Waals surface area contributed by atoms with Crippen LogP contribution in [0.25, 0.3) is 0 Å². The van der Waals surface area contributed by atoms with Gasteiger partial charge in [-0.1, -0.05) is 27.5 Å². The highest BCUT2D eigenvalue weighted by Gasteiger charge is 2.25. The Morgan fingerprint density at radius 1 is 1.35 bits per heavy atom. The van der Waals surface area contributed by atoms with Gasteiger partial charge in [-0.25, -0.2) is 4.98 Å². The molecule has 0 saturated heterocycles. The van der Waals surface area contributed by atoms with E-state index in [0.717, 1.165) is 15.7 Å². The predicted octanol–water partition coefficient (Wildman–Crippen LogP) is 3.42. The average Bonchev–Trinajstić information content (AvgIpc) is 2.42. The second-order valence-electron chi connectivity index (χ2n) is 4.37. The molecule has 4 nitrogen and oxygen atoms in total. The van der Waals surface area contributed by atoms with Crippen molar-refractivity contribution in [3.63, 3.8) is 0 Å². The lowest BCUT2D eigenvalue weighted by Crippen LogP contribution is -2.38. The van der Waals surface area contributed by atoms with E-state index in [1.54, 1.807) is 17.2 Å². The van der Waals surface area contributed by atoms with Gasteiger partial charge in [0.15, 0.2) is 6.61 Å². The normalized spacial score (nSPS) is 13.9. The highest BCUT2D eigenvalue weighted by molar-refractivity contribution is 9.10. The van der Waals surface area contributed by atoms with Crippen molar-refractivity contribution in [3.8, 4) is 5.75 Å². The predicted molar refractivity (Wildman–Crippen MR) is 80.1 cm³/mol. The van der Waals surface area contributed by atoms with Gasteiger partial charge in [-0.2, -0.15) is 0 Å². The van der Waals surface area contributed by atoms with Gasteiger partial charge in [0.25, 0.3) is 5.91 Å². The van der Waals surface area contributed by atoms with Crippen LogP contribution in [0.4, 0.5) is 5.69 Å². The minimum absolute atomic E-state index is 0.0491. The molecule has 1 aliphatic rings. The molecule has 0 saturated carbocycles. The number of carbonyl (C=O) groups is 1. The molecule has 0 atom stereocenters. The van der Waals surface area contributed by atoms with E-state index in [4.69, 9.17) is 16.3 Å². The molecule has 2 aromatic rings. The molecule has 20 heavy (non-hydrogen) atoms. The number of pyridine rings is 1. The SMILES string of the molecule is O=C1COc2ccc(Br)cc2N1Cc1ccnc(Cl)c1. The third-order valence-electron chi connectivity index (χ3n) is 3.00. The summed E-state index contributed by atoms with van der Waals surface area (Å²) in [5, 5.41) is 0.415. The Labute approximate surface area is 129 Å². The number of rotatable bonds is 2. The number of halogens is 2. The second kappa shape index (κ2) is 5.42. The summed E-state index contributed by atoms with van der Waals surface area (Å²) >= 11 is 9.29. The molecule has 102 valence electrons. The summed E-state index contributed by atoms with van der Waals surface area (Å²) in [7, 11) is 0. The third kappa shape index (κ3) is 2.64. The Bertz CT molecular complexity index is 678. The molecule has 2 heterocycles. The highest BCUT2D eigenvalue weighted by Crippen LogP contribution is 2.35. The number of fused-ring (bicyclic) bond motifs is 1. The lowest BCUT2D eigenvalue weighted by Gasteiger charge is -2.29. The molecule has 0 radical (unpaired) electrons. The van der Waals surface area contributed by atoms with Crippen LogP contribution in [0, 0.1) is 0 Å². The maximum Gasteiger partial charge on any atom is 0.265 e. The van der Waals surface area contributed by atoms with Gasteiger partial charge in [0.2, 0.25) is 0 Å². The summed E-state index contributed by atoms with van der Waals surface area (Å²) in [6.07, 6.45) is 1.63. The van der Waals surface area contributed by atoms with E-state index in [0.29, 0.717) is 17.4 Å². The third-order valence-corrected chi connectivity index (χ3v) is 3.70. The topological polar surface area (TPSA) is 42.4 Å². The summed E-state index contributed by atoms with van der Waals surface area (Å²) in [5.41, 5.74) is 1.68. The number of carbonyl (C=O) groups excluding carboxylic acids is 1. The second-order valence-corrected chi connectivity index (χ2v) is 5.67. The van der Waals surface area contributed by atoms with Gasteiger partial charge in [-0.15, -0.1) is 0 Å². The van der Waals surface area contributed by atoms with Crippen molar-refractivity contribution >= 4 is 39.1 Å². The molecule has 0 bridgehead atoms. The first-order valence-corrected chi connectivity index (χ1v) is 7.14. The smallest absolute Gasteiger partial charge is 0.265 e. The molecule has 0 N–H and O–H groups in total. The highest BCUT2D eigenvalue weighted by atomic mass is 79.9. The standard InChI is InChI=1S/C14H10BrClN2O2/c15-10-1-2-12-11(6-10)18(14(19)8-20-12)7-9-3-4-17-13(16)5-9/h1-6H,7-8H2. The first kappa shape index (κ1) is 13.4. The first-order valence-electron chi connectivity index (χ1n) is 5.96. The molecular formula is C14H10BrClN2O2.